The van der Waals surface area contributed by atoms with Gasteiger partial charge in [-0.1, -0.05) is 28.9 Å². The van der Waals surface area contributed by atoms with Crippen LogP contribution < -0.4 is 0 Å². The van der Waals surface area contributed by atoms with Gasteiger partial charge in [0.05, 0.1) is 17.0 Å². The molecular weight excluding hydrogens is 244 g/mol. The molecule has 0 aliphatic heterocycles. The summed E-state index contributed by atoms with van der Waals surface area (Å²) in [6.07, 6.45) is 0.213. The van der Waals surface area contributed by atoms with E-state index in [1.807, 2.05) is 6.07 Å². The zero-order chi connectivity index (χ0) is 12.3. The third kappa shape index (κ3) is 2.82. The quantitative estimate of drug-likeness (QED) is 0.904. The van der Waals surface area contributed by atoms with Crippen molar-refractivity contribution in [2.75, 3.05) is 0 Å². The monoisotopic (exact) mass is 252 g/mol. The summed E-state index contributed by atoms with van der Waals surface area (Å²) < 4.78 is 5.03. The number of aromatic nitrogens is 2. The minimum atomic E-state index is -0.894. The molecule has 0 saturated heterocycles. The minimum absolute atomic E-state index is 0.0263. The highest BCUT2D eigenvalue weighted by Gasteiger charge is 2.12. The predicted octanol–water partition coefficient (Wildman–Crippen LogP) is 2.41. The number of hydrogen-bond donors (Lipinski definition) is 1. The first kappa shape index (κ1) is 11.6. The normalized spacial score (nSPS) is 10.4. The van der Waals surface area contributed by atoms with Crippen molar-refractivity contribution in [1.29, 1.82) is 0 Å². The standard InChI is InChI=1S/C11H9ClN2O3/c12-8-4-2-1-3-7(8)11-13-9(14-17-11)5-6-10(15)16/h1-4H,5-6H2,(H,15,16). The van der Waals surface area contributed by atoms with Gasteiger partial charge in [0.25, 0.3) is 5.89 Å². The number of carbonyl (C=O) groups is 1. The predicted molar refractivity (Wildman–Crippen MR) is 60.7 cm³/mol. The van der Waals surface area contributed by atoms with E-state index in [9.17, 15) is 4.79 Å². The molecule has 2 rings (SSSR count). The third-order valence-electron chi connectivity index (χ3n) is 2.13. The summed E-state index contributed by atoms with van der Waals surface area (Å²) >= 11 is 5.97. The van der Waals surface area contributed by atoms with Crippen LogP contribution in [0, 0.1) is 0 Å². The molecule has 88 valence electrons. The maximum atomic E-state index is 10.4. The van der Waals surface area contributed by atoms with Gasteiger partial charge in [0.2, 0.25) is 0 Å². The zero-order valence-corrected chi connectivity index (χ0v) is 9.52. The molecule has 0 saturated carbocycles. The largest absolute Gasteiger partial charge is 0.481 e. The van der Waals surface area contributed by atoms with Crippen LogP contribution in [-0.4, -0.2) is 21.2 Å². The lowest BCUT2D eigenvalue weighted by molar-refractivity contribution is -0.137. The number of nitrogens with zero attached hydrogens (tertiary/aromatic N) is 2. The van der Waals surface area contributed by atoms with E-state index in [-0.39, 0.29) is 12.8 Å². The number of benzene rings is 1. The van der Waals surface area contributed by atoms with Crippen molar-refractivity contribution in [1.82, 2.24) is 10.1 Å². The number of aliphatic carboxylic acids is 1. The van der Waals surface area contributed by atoms with Crippen molar-refractivity contribution >= 4 is 17.6 Å². The molecule has 0 amide bonds. The number of carboxylic acid groups (broad SMARTS) is 1. The van der Waals surface area contributed by atoms with Crippen molar-refractivity contribution in [3.05, 3.63) is 35.1 Å². The molecule has 5 nitrogen and oxygen atoms in total. The second-order valence-electron chi connectivity index (χ2n) is 3.39. The first-order valence-corrected chi connectivity index (χ1v) is 5.34. The number of hydrogen-bond acceptors (Lipinski definition) is 4. The van der Waals surface area contributed by atoms with E-state index in [1.165, 1.54) is 0 Å². The Kier molecular flexibility index (Phi) is 3.39. The first-order valence-electron chi connectivity index (χ1n) is 4.96. The molecule has 0 atom stereocenters. The highest BCUT2D eigenvalue weighted by atomic mass is 35.5. The Morgan fingerprint density at radius 1 is 1.41 bits per heavy atom. The highest BCUT2D eigenvalue weighted by molar-refractivity contribution is 6.33. The molecule has 17 heavy (non-hydrogen) atoms. The Labute approximate surface area is 102 Å². The number of aryl methyl sites for hydroxylation is 1. The van der Waals surface area contributed by atoms with Crippen LogP contribution in [0.2, 0.25) is 5.02 Å². The van der Waals surface area contributed by atoms with E-state index in [4.69, 9.17) is 21.2 Å². The van der Waals surface area contributed by atoms with Gasteiger partial charge in [-0.05, 0) is 12.1 Å². The van der Waals surface area contributed by atoms with Crippen molar-refractivity contribution in [2.24, 2.45) is 0 Å². The lowest BCUT2D eigenvalue weighted by atomic mass is 10.2. The Hall–Kier alpha value is -1.88. The van der Waals surface area contributed by atoms with Gasteiger partial charge in [-0.2, -0.15) is 4.98 Å². The molecule has 0 unspecified atom stereocenters. The summed E-state index contributed by atoms with van der Waals surface area (Å²) in [6, 6.07) is 7.09. The van der Waals surface area contributed by atoms with Gasteiger partial charge in [-0.15, -0.1) is 0 Å². The number of rotatable bonds is 4. The van der Waals surface area contributed by atoms with Crippen LogP contribution in [0.15, 0.2) is 28.8 Å². The lowest BCUT2D eigenvalue weighted by Gasteiger charge is -1.95. The Bertz CT molecular complexity index is 539. The van der Waals surface area contributed by atoms with Crippen molar-refractivity contribution in [2.45, 2.75) is 12.8 Å². The van der Waals surface area contributed by atoms with Crippen LogP contribution in [-0.2, 0) is 11.2 Å². The molecule has 1 N–H and O–H groups in total. The molecule has 1 aromatic heterocycles. The molecule has 0 fully saturated rings. The topological polar surface area (TPSA) is 76.2 Å². The third-order valence-corrected chi connectivity index (χ3v) is 2.46. The second-order valence-corrected chi connectivity index (χ2v) is 3.80. The first-order chi connectivity index (χ1) is 8.16. The van der Waals surface area contributed by atoms with Gasteiger partial charge < -0.3 is 9.63 Å². The van der Waals surface area contributed by atoms with Crippen LogP contribution in [0.5, 0.6) is 0 Å². The molecule has 6 heteroatoms. The maximum Gasteiger partial charge on any atom is 0.303 e. The molecule has 2 aromatic rings. The fraction of sp³-hybridized carbons (Fsp3) is 0.182. The van der Waals surface area contributed by atoms with Crippen molar-refractivity contribution in [3.8, 4) is 11.5 Å². The number of halogens is 1. The van der Waals surface area contributed by atoms with Crippen LogP contribution in [0.25, 0.3) is 11.5 Å². The fourth-order valence-corrected chi connectivity index (χ4v) is 1.53. The van der Waals surface area contributed by atoms with Crippen LogP contribution in [0.1, 0.15) is 12.2 Å². The van der Waals surface area contributed by atoms with Crippen molar-refractivity contribution in [3.63, 3.8) is 0 Å². The molecule has 0 radical (unpaired) electrons. The summed E-state index contributed by atoms with van der Waals surface area (Å²) in [5, 5.41) is 12.7. The van der Waals surface area contributed by atoms with Crippen molar-refractivity contribution < 1.29 is 14.4 Å². The average molecular weight is 253 g/mol. The van der Waals surface area contributed by atoms with Gasteiger partial charge in [0, 0.05) is 6.42 Å². The Balaban J connectivity index is 2.18. The summed E-state index contributed by atoms with van der Waals surface area (Å²) in [4.78, 5) is 14.5. The maximum absolute atomic E-state index is 10.4. The average Bonchev–Trinajstić information content (AvgIpc) is 2.75. The second kappa shape index (κ2) is 4.97. The molecule has 0 bridgehead atoms. The van der Waals surface area contributed by atoms with Gasteiger partial charge in [-0.25, -0.2) is 0 Å². The van der Waals surface area contributed by atoms with E-state index in [0.717, 1.165) is 0 Å². The van der Waals surface area contributed by atoms with Gasteiger partial charge >= 0.3 is 5.97 Å². The van der Waals surface area contributed by atoms with Gasteiger partial charge in [-0.3, -0.25) is 4.79 Å². The highest BCUT2D eigenvalue weighted by Crippen LogP contribution is 2.25. The Morgan fingerprint density at radius 2 is 2.18 bits per heavy atom. The van der Waals surface area contributed by atoms with Crippen LogP contribution >= 0.6 is 11.6 Å². The molecular formula is C11H9ClN2O3. The lowest BCUT2D eigenvalue weighted by Crippen LogP contribution is -1.98. The summed E-state index contributed by atoms with van der Waals surface area (Å²) in [6.45, 7) is 0. The molecule has 1 heterocycles. The minimum Gasteiger partial charge on any atom is -0.481 e. The SMILES string of the molecule is O=C(O)CCc1noc(-c2ccccc2Cl)n1. The summed E-state index contributed by atoms with van der Waals surface area (Å²) in [5.74, 6) is -0.229. The van der Waals surface area contributed by atoms with E-state index < -0.39 is 5.97 Å². The molecule has 0 aliphatic rings. The van der Waals surface area contributed by atoms with E-state index in [1.54, 1.807) is 18.2 Å². The van der Waals surface area contributed by atoms with E-state index in [2.05, 4.69) is 10.1 Å². The van der Waals surface area contributed by atoms with Gasteiger partial charge in [0.1, 0.15) is 0 Å². The molecule has 0 spiro atoms. The van der Waals surface area contributed by atoms with Crippen LogP contribution in [0.3, 0.4) is 0 Å². The summed E-state index contributed by atoms with van der Waals surface area (Å²) in [7, 11) is 0. The van der Waals surface area contributed by atoms with Gasteiger partial charge in [0.15, 0.2) is 5.82 Å². The zero-order valence-electron chi connectivity index (χ0n) is 8.76. The van der Waals surface area contributed by atoms with Crippen LogP contribution in [0.4, 0.5) is 0 Å². The molecule has 0 aliphatic carbocycles. The fourth-order valence-electron chi connectivity index (χ4n) is 1.32. The molecule has 1 aromatic carbocycles. The number of carboxylic acids is 1. The smallest absolute Gasteiger partial charge is 0.303 e. The van der Waals surface area contributed by atoms with E-state index in [0.29, 0.717) is 22.3 Å². The summed E-state index contributed by atoms with van der Waals surface area (Å²) in [5.41, 5.74) is 0.642. The van der Waals surface area contributed by atoms with E-state index >= 15 is 0 Å². The Morgan fingerprint density at radius 3 is 2.88 bits per heavy atom.